The van der Waals surface area contributed by atoms with E-state index in [0.717, 1.165) is 56.8 Å². The molecule has 27 heavy (non-hydrogen) atoms. The topological polar surface area (TPSA) is 72.5 Å². The Morgan fingerprint density at radius 2 is 2.19 bits per heavy atom. The van der Waals surface area contributed by atoms with E-state index in [1.54, 1.807) is 6.07 Å². The van der Waals surface area contributed by atoms with Gasteiger partial charge in [-0.25, -0.2) is 9.37 Å². The van der Waals surface area contributed by atoms with Crippen LogP contribution in [0.15, 0.2) is 18.2 Å². The number of likely N-dealkylation sites (N-methyl/N-ethyl adjacent to an activating group) is 1. The number of aliphatic hydroxyl groups is 1. The van der Waals surface area contributed by atoms with Gasteiger partial charge in [0, 0.05) is 39.0 Å². The highest BCUT2D eigenvalue weighted by molar-refractivity contribution is 5.77. The molecular weight excluding hydrogens is 347 g/mol. The first-order valence-electron chi connectivity index (χ1n) is 9.71. The van der Waals surface area contributed by atoms with Crippen LogP contribution in [-0.2, 0) is 11.2 Å². The van der Waals surface area contributed by atoms with E-state index in [1.807, 2.05) is 4.90 Å². The number of benzene rings is 1. The predicted octanol–water partition coefficient (Wildman–Crippen LogP) is 1.94. The number of nitrogens with zero attached hydrogens (tertiary/aromatic N) is 3. The van der Waals surface area contributed by atoms with Gasteiger partial charge in [-0.3, -0.25) is 4.79 Å². The Hall–Kier alpha value is -1.99. The van der Waals surface area contributed by atoms with E-state index in [2.05, 4.69) is 21.9 Å². The average molecular weight is 374 g/mol. The summed E-state index contributed by atoms with van der Waals surface area (Å²) in [6.45, 7) is 3.25. The van der Waals surface area contributed by atoms with E-state index >= 15 is 0 Å². The van der Waals surface area contributed by atoms with E-state index < -0.39 is 0 Å². The largest absolute Gasteiger partial charge is 0.392 e. The van der Waals surface area contributed by atoms with Crippen LogP contribution in [0.4, 0.5) is 4.39 Å². The summed E-state index contributed by atoms with van der Waals surface area (Å²) >= 11 is 0. The first-order chi connectivity index (χ1) is 12.9. The molecule has 1 spiro atoms. The van der Waals surface area contributed by atoms with Crippen LogP contribution in [0.1, 0.15) is 31.5 Å². The van der Waals surface area contributed by atoms with Crippen molar-refractivity contribution in [1.29, 1.82) is 0 Å². The van der Waals surface area contributed by atoms with Crippen LogP contribution in [0.5, 0.6) is 0 Å². The first-order valence-corrected chi connectivity index (χ1v) is 9.71. The summed E-state index contributed by atoms with van der Waals surface area (Å²) in [5.74, 6) is 0.560. The number of fused-ring (bicyclic) bond motifs is 1. The number of carbonyl (C=O) groups excluding carboxylic acids is 1. The lowest BCUT2D eigenvalue weighted by Crippen LogP contribution is -2.53. The third-order valence-corrected chi connectivity index (χ3v) is 6.04. The summed E-state index contributed by atoms with van der Waals surface area (Å²) in [5, 5.41) is 10.1. The van der Waals surface area contributed by atoms with Crippen LogP contribution >= 0.6 is 0 Å². The van der Waals surface area contributed by atoms with Gasteiger partial charge in [-0.2, -0.15) is 0 Å². The van der Waals surface area contributed by atoms with Crippen molar-refractivity contribution in [3.8, 4) is 0 Å². The molecule has 0 aliphatic carbocycles. The van der Waals surface area contributed by atoms with Crippen molar-refractivity contribution in [2.45, 2.75) is 38.2 Å². The van der Waals surface area contributed by atoms with Gasteiger partial charge in [0.25, 0.3) is 0 Å². The lowest BCUT2D eigenvalue weighted by atomic mass is 9.71. The number of hydrogen-bond donors (Lipinski definition) is 2. The second-order valence-electron chi connectivity index (χ2n) is 8.28. The maximum absolute atomic E-state index is 13.3. The standard InChI is InChI=1S/C20H27FN4O2/c1-24-12-15(26)11-20(13-24)6-8-25(9-7-20)19(27)5-4-18-22-16-3-2-14(21)10-17(16)23-18/h2-3,10,15,26H,4-9,11-13H2,1H3,(H,22,23). The highest BCUT2D eigenvalue weighted by Gasteiger charge is 2.41. The highest BCUT2D eigenvalue weighted by atomic mass is 19.1. The van der Waals surface area contributed by atoms with E-state index in [1.165, 1.54) is 12.1 Å². The second kappa shape index (κ2) is 7.20. The number of aryl methyl sites for hydroxylation is 1. The summed E-state index contributed by atoms with van der Waals surface area (Å²) in [5.41, 5.74) is 1.53. The summed E-state index contributed by atoms with van der Waals surface area (Å²) in [6.07, 6.45) is 3.41. The average Bonchev–Trinajstić information content (AvgIpc) is 3.01. The Balaban J connectivity index is 1.31. The summed E-state index contributed by atoms with van der Waals surface area (Å²) < 4.78 is 13.3. The zero-order valence-electron chi connectivity index (χ0n) is 15.7. The SMILES string of the molecule is CN1CC(O)CC2(CCN(C(=O)CCc3nc4ccc(F)cc4[nH]3)CC2)C1. The Morgan fingerprint density at radius 3 is 2.93 bits per heavy atom. The number of aromatic amines is 1. The number of imidazole rings is 1. The number of piperidine rings is 2. The van der Waals surface area contributed by atoms with Gasteiger partial charge in [0.05, 0.1) is 17.1 Å². The van der Waals surface area contributed by atoms with Crippen LogP contribution in [0, 0.1) is 11.2 Å². The number of hydrogen-bond acceptors (Lipinski definition) is 4. The number of aliphatic hydroxyl groups excluding tert-OH is 1. The van der Waals surface area contributed by atoms with E-state index in [0.29, 0.717) is 18.4 Å². The Kier molecular flexibility index (Phi) is 4.90. The third kappa shape index (κ3) is 3.99. The van der Waals surface area contributed by atoms with Crippen molar-refractivity contribution in [2.75, 3.05) is 33.2 Å². The van der Waals surface area contributed by atoms with Gasteiger partial charge in [0.15, 0.2) is 0 Å². The fourth-order valence-electron chi connectivity index (χ4n) is 4.76. The van der Waals surface area contributed by atoms with Crippen LogP contribution in [0.2, 0.25) is 0 Å². The van der Waals surface area contributed by atoms with Crippen molar-refractivity contribution in [2.24, 2.45) is 5.41 Å². The maximum atomic E-state index is 13.3. The molecule has 0 radical (unpaired) electrons. The Labute approximate surface area is 158 Å². The lowest BCUT2D eigenvalue weighted by molar-refractivity contribution is -0.134. The molecule has 7 heteroatoms. The summed E-state index contributed by atoms with van der Waals surface area (Å²) in [4.78, 5) is 24.3. The zero-order valence-corrected chi connectivity index (χ0v) is 15.7. The monoisotopic (exact) mass is 374 g/mol. The molecule has 3 heterocycles. The number of nitrogens with one attached hydrogen (secondary N) is 1. The fraction of sp³-hybridized carbons (Fsp3) is 0.600. The van der Waals surface area contributed by atoms with Gasteiger partial charge in [0.1, 0.15) is 11.6 Å². The van der Waals surface area contributed by atoms with Gasteiger partial charge in [-0.1, -0.05) is 0 Å². The van der Waals surface area contributed by atoms with Gasteiger partial charge in [-0.05, 0) is 49.9 Å². The maximum Gasteiger partial charge on any atom is 0.223 e. The molecule has 4 rings (SSSR count). The summed E-state index contributed by atoms with van der Waals surface area (Å²) in [7, 11) is 2.06. The van der Waals surface area contributed by atoms with Crippen LogP contribution in [0.25, 0.3) is 11.0 Å². The summed E-state index contributed by atoms with van der Waals surface area (Å²) in [6, 6.07) is 4.46. The molecule has 6 nitrogen and oxygen atoms in total. The van der Waals surface area contributed by atoms with E-state index in [4.69, 9.17) is 0 Å². The fourth-order valence-corrected chi connectivity index (χ4v) is 4.76. The van der Waals surface area contributed by atoms with Crippen LogP contribution in [-0.4, -0.2) is 70.1 Å². The number of likely N-dealkylation sites (tertiary alicyclic amines) is 2. The van der Waals surface area contributed by atoms with Crippen molar-refractivity contribution >= 4 is 16.9 Å². The smallest absolute Gasteiger partial charge is 0.223 e. The van der Waals surface area contributed by atoms with Crippen molar-refractivity contribution in [3.05, 3.63) is 29.8 Å². The molecule has 1 atom stereocenters. The van der Waals surface area contributed by atoms with Gasteiger partial charge >= 0.3 is 0 Å². The molecule has 2 aromatic rings. The molecule has 146 valence electrons. The number of β-amino-alcohol motifs (C(OH)–C–C–N with tert-alkyl or cyclic N) is 1. The molecule has 2 N–H and O–H groups in total. The molecule has 2 fully saturated rings. The second-order valence-corrected chi connectivity index (χ2v) is 8.28. The number of H-pyrrole nitrogens is 1. The molecule has 1 aromatic heterocycles. The van der Waals surface area contributed by atoms with E-state index in [-0.39, 0.29) is 23.2 Å². The lowest BCUT2D eigenvalue weighted by Gasteiger charge is -2.48. The quantitative estimate of drug-likeness (QED) is 0.861. The molecule has 1 unspecified atom stereocenters. The molecule has 2 aliphatic rings. The number of halogens is 1. The Morgan fingerprint density at radius 1 is 1.41 bits per heavy atom. The zero-order chi connectivity index (χ0) is 19.0. The third-order valence-electron chi connectivity index (χ3n) is 6.04. The van der Waals surface area contributed by atoms with Crippen LogP contribution in [0.3, 0.4) is 0 Å². The molecule has 1 amide bonds. The van der Waals surface area contributed by atoms with Crippen LogP contribution < -0.4 is 0 Å². The van der Waals surface area contributed by atoms with Crippen molar-refractivity contribution < 1.29 is 14.3 Å². The molecule has 2 aliphatic heterocycles. The number of carbonyl (C=O) groups is 1. The number of rotatable bonds is 3. The van der Waals surface area contributed by atoms with Crippen molar-refractivity contribution in [1.82, 2.24) is 19.8 Å². The minimum atomic E-state index is -0.297. The first kappa shape index (κ1) is 18.4. The molecular formula is C20H27FN4O2. The van der Waals surface area contributed by atoms with Gasteiger partial charge in [0.2, 0.25) is 5.91 Å². The van der Waals surface area contributed by atoms with Crippen molar-refractivity contribution in [3.63, 3.8) is 0 Å². The minimum absolute atomic E-state index is 0.140. The van der Waals surface area contributed by atoms with Gasteiger partial charge < -0.3 is 19.9 Å². The highest BCUT2D eigenvalue weighted by Crippen LogP contribution is 2.39. The Bertz CT molecular complexity index is 816. The normalized spacial score (nSPS) is 23.2. The number of amides is 1. The van der Waals surface area contributed by atoms with E-state index in [9.17, 15) is 14.3 Å². The van der Waals surface area contributed by atoms with Gasteiger partial charge in [-0.15, -0.1) is 0 Å². The minimum Gasteiger partial charge on any atom is -0.392 e. The number of aromatic nitrogens is 2. The molecule has 0 saturated carbocycles. The molecule has 2 saturated heterocycles. The molecule has 1 aromatic carbocycles. The predicted molar refractivity (Wildman–Crippen MR) is 101 cm³/mol. The molecule has 0 bridgehead atoms.